The number of thiophene rings is 1. The molecule has 7 heteroatoms. The molecule has 1 aromatic carbocycles. The molecule has 0 aliphatic carbocycles. The Balaban J connectivity index is 1.61. The standard InChI is InChI=1S/C12H10N4OS2/c17-11(15-12-16-14-7-18-12)13-6-9-5-8-3-1-2-4-10(8)19-9/h1-5,7H,6H2,(H2,13,15,16,17). The number of nitrogens with one attached hydrogen (secondary N) is 2. The van der Waals surface area contributed by atoms with Crippen LogP contribution in [0.3, 0.4) is 0 Å². The molecule has 2 heterocycles. The molecule has 3 rings (SSSR count). The highest BCUT2D eigenvalue weighted by atomic mass is 32.1. The molecular weight excluding hydrogens is 280 g/mol. The zero-order valence-electron chi connectivity index (χ0n) is 9.79. The average molecular weight is 290 g/mol. The maximum absolute atomic E-state index is 11.6. The lowest BCUT2D eigenvalue weighted by Gasteiger charge is -2.02. The Hall–Kier alpha value is -1.99. The Morgan fingerprint density at radius 2 is 2.21 bits per heavy atom. The molecule has 0 saturated heterocycles. The summed E-state index contributed by atoms with van der Waals surface area (Å²) >= 11 is 2.96. The van der Waals surface area contributed by atoms with Crippen LogP contribution in [0.25, 0.3) is 10.1 Å². The quantitative estimate of drug-likeness (QED) is 0.779. The molecule has 0 radical (unpaired) electrons. The van der Waals surface area contributed by atoms with Gasteiger partial charge in [-0.25, -0.2) is 4.79 Å². The fraction of sp³-hybridized carbons (Fsp3) is 0.0833. The van der Waals surface area contributed by atoms with Crippen LogP contribution in [0.1, 0.15) is 4.88 Å². The number of rotatable bonds is 3. The van der Waals surface area contributed by atoms with E-state index >= 15 is 0 Å². The number of aromatic nitrogens is 2. The van der Waals surface area contributed by atoms with E-state index in [2.05, 4.69) is 39.0 Å². The minimum atomic E-state index is -0.269. The van der Waals surface area contributed by atoms with Crippen molar-refractivity contribution in [1.82, 2.24) is 15.5 Å². The van der Waals surface area contributed by atoms with Gasteiger partial charge in [0.05, 0.1) is 6.54 Å². The highest BCUT2D eigenvalue weighted by Gasteiger charge is 2.05. The maximum atomic E-state index is 11.6. The van der Waals surface area contributed by atoms with Crippen LogP contribution < -0.4 is 10.6 Å². The fourth-order valence-corrected chi connectivity index (χ4v) is 3.10. The minimum Gasteiger partial charge on any atom is -0.333 e. The molecule has 3 aromatic rings. The van der Waals surface area contributed by atoms with E-state index in [1.807, 2.05) is 12.1 Å². The van der Waals surface area contributed by atoms with Gasteiger partial charge in [-0.15, -0.1) is 21.5 Å². The van der Waals surface area contributed by atoms with Crippen LogP contribution >= 0.6 is 22.7 Å². The SMILES string of the molecule is O=C(NCc1cc2ccccc2s1)Nc1nncs1. The Morgan fingerprint density at radius 3 is 3.00 bits per heavy atom. The van der Waals surface area contributed by atoms with Gasteiger partial charge in [-0.2, -0.15) is 0 Å². The van der Waals surface area contributed by atoms with E-state index in [1.54, 1.807) is 16.8 Å². The zero-order valence-corrected chi connectivity index (χ0v) is 11.4. The highest BCUT2D eigenvalue weighted by Crippen LogP contribution is 2.24. The molecule has 0 bridgehead atoms. The van der Waals surface area contributed by atoms with Gasteiger partial charge < -0.3 is 5.32 Å². The predicted octanol–water partition coefficient (Wildman–Crippen LogP) is 3.07. The number of carbonyl (C=O) groups is 1. The molecule has 2 aromatic heterocycles. The lowest BCUT2D eigenvalue weighted by Crippen LogP contribution is -2.27. The van der Waals surface area contributed by atoms with E-state index in [1.165, 1.54) is 21.4 Å². The van der Waals surface area contributed by atoms with Crippen LogP contribution in [0.5, 0.6) is 0 Å². The van der Waals surface area contributed by atoms with Crippen molar-refractivity contribution in [2.24, 2.45) is 0 Å². The van der Waals surface area contributed by atoms with E-state index in [0.29, 0.717) is 11.7 Å². The Labute approximate surface area is 117 Å². The summed E-state index contributed by atoms with van der Waals surface area (Å²) < 4.78 is 1.23. The van der Waals surface area contributed by atoms with Gasteiger partial charge in [-0.3, -0.25) is 5.32 Å². The van der Waals surface area contributed by atoms with Crippen molar-refractivity contribution in [3.63, 3.8) is 0 Å². The normalized spacial score (nSPS) is 10.5. The maximum Gasteiger partial charge on any atom is 0.321 e. The first kappa shape index (κ1) is 12.1. The van der Waals surface area contributed by atoms with Crippen LogP contribution in [0.2, 0.25) is 0 Å². The van der Waals surface area contributed by atoms with Gasteiger partial charge in [0.15, 0.2) is 0 Å². The third-order valence-electron chi connectivity index (χ3n) is 2.48. The topological polar surface area (TPSA) is 66.9 Å². The number of carbonyl (C=O) groups excluding carboxylic acids is 1. The Bertz CT molecular complexity index is 660. The summed E-state index contributed by atoms with van der Waals surface area (Å²) in [5, 5.41) is 14.5. The summed E-state index contributed by atoms with van der Waals surface area (Å²) in [6.07, 6.45) is 0. The Morgan fingerprint density at radius 1 is 1.32 bits per heavy atom. The molecular formula is C12H10N4OS2. The molecule has 5 nitrogen and oxygen atoms in total. The molecule has 0 spiro atoms. The van der Waals surface area contributed by atoms with Gasteiger partial charge in [0.25, 0.3) is 0 Å². The summed E-state index contributed by atoms with van der Waals surface area (Å²) in [5.74, 6) is 0. The number of fused-ring (bicyclic) bond motifs is 1. The molecule has 96 valence electrons. The monoisotopic (exact) mass is 290 g/mol. The third kappa shape index (κ3) is 2.88. The lowest BCUT2D eigenvalue weighted by molar-refractivity contribution is 0.252. The van der Waals surface area contributed by atoms with Crippen LogP contribution in [-0.2, 0) is 6.54 Å². The van der Waals surface area contributed by atoms with Crippen LogP contribution in [0, 0.1) is 0 Å². The molecule has 19 heavy (non-hydrogen) atoms. The van der Waals surface area contributed by atoms with Crippen molar-refractivity contribution < 1.29 is 4.79 Å². The second-order valence-corrected chi connectivity index (χ2v) is 5.80. The lowest BCUT2D eigenvalue weighted by atomic mass is 10.2. The zero-order chi connectivity index (χ0) is 13.1. The second kappa shape index (κ2) is 5.33. The van der Waals surface area contributed by atoms with Crippen LogP contribution in [0.4, 0.5) is 9.93 Å². The number of benzene rings is 1. The summed E-state index contributed by atoms with van der Waals surface area (Å²) in [4.78, 5) is 12.7. The molecule has 0 atom stereocenters. The van der Waals surface area contributed by atoms with Gasteiger partial charge in [0, 0.05) is 9.58 Å². The smallest absolute Gasteiger partial charge is 0.321 e. The van der Waals surface area contributed by atoms with Crippen molar-refractivity contribution >= 4 is 43.9 Å². The largest absolute Gasteiger partial charge is 0.333 e. The van der Waals surface area contributed by atoms with Gasteiger partial charge >= 0.3 is 6.03 Å². The fourth-order valence-electron chi connectivity index (χ4n) is 1.66. The highest BCUT2D eigenvalue weighted by molar-refractivity contribution is 7.19. The second-order valence-electron chi connectivity index (χ2n) is 3.80. The van der Waals surface area contributed by atoms with Crippen LogP contribution in [0.15, 0.2) is 35.8 Å². The van der Waals surface area contributed by atoms with E-state index in [4.69, 9.17) is 0 Å². The predicted molar refractivity (Wildman–Crippen MR) is 77.6 cm³/mol. The van der Waals surface area contributed by atoms with E-state index in [-0.39, 0.29) is 6.03 Å². The molecule has 2 amide bonds. The molecule has 0 fully saturated rings. The summed E-state index contributed by atoms with van der Waals surface area (Å²) in [7, 11) is 0. The van der Waals surface area contributed by atoms with Crippen molar-refractivity contribution in [3.8, 4) is 0 Å². The van der Waals surface area contributed by atoms with Gasteiger partial charge in [0.2, 0.25) is 5.13 Å². The molecule has 0 unspecified atom stereocenters. The first-order chi connectivity index (χ1) is 9.31. The average Bonchev–Trinajstić information content (AvgIpc) is 3.04. The summed E-state index contributed by atoms with van der Waals surface area (Å²) in [5.41, 5.74) is 1.57. The summed E-state index contributed by atoms with van der Waals surface area (Å²) in [6, 6.07) is 9.98. The first-order valence-corrected chi connectivity index (χ1v) is 7.29. The van der Waals surface area contributed by atoms with E-state index in [0.717, 1.165) is 4.88 Å². The van der Waals surface area contributed by atoms with Gasteiger partial charge in [-0.1, -0.05) is 29.5 Å². The van der Waals surface area contributed by atoms with Gasteiger partial charge in [-0.05, 0) is 17.5 Å². The van der Waals surface area contributed by atoms with Crippen molar-refractivity contribution in [2.45, 2.75) is 6.54 Å². The van der Waals surface area contributed by atoms with E-state index in [9.17, 15) is 4.79 Å². The van der Waals surface area contributed by atoms with Crippen molar-refractivity contribution in [1.29, 1.82) is 0 Å². The van der Waals surface area contributed by atoms with Crippen molar-refractivity contribution in [2.75, 3.05) is 5.32 Å². The number of anilines is 1. The first-order valence-electron chi connectivity index (χ1n) is 5.60. The molecule has 0 aliphatic heterocycles. The summed E-state index contributed by atoms with van der Waals surface area (Å²) in [6.45, 7) is 0.504. The third-order valence-corrected chi connectivity index (χ3v) is 4.20. The number of urea groups is 1. The van der Waals surface area contributed by atoms with Crippen molar-refractivity contribution in [3.05, 3.63) is 40.7 Å². The molecule has 0 saturated carbocycles. The van der Waals surface area contributed by atoms with Crippen LogP contribution in [-0.4, -0.2) is 16.2 Å². The number of amides is 2. The molecule has 0 aliphatic rings. The van der Waals surface area contributed by atoms with Gasteiger partial charge in [0.1, 0.15) is 5.51 Å². The molecule has 2 N–H and O–H groups in total. The van der Waals surface area contributed by atoms with E-state index < -0.39 is 0 Å². The number of hydrogen-bond donors (Lipinski definition) is 2. The number of nitrogens with zero attached hydrogens (tertiary/aromatic N) is 2. The number of hydrogen-bond acceptors (Lipinski definition) is 5. The minimum absolute atomic E-state index is 0.269. The Kier molecular flexibility index (Phi) is 3.39.